The minimum absolute atomic E-state index is 0.0736. The van der Waals surface area contributed by atoms with Crippen molar-refractivity contribution in [3.8, 4) is 11.5 Å². The molecular formula is C21H24N6O3S. The van der Waals surface area contributed by atoms with Crippen LogP contribution < -0.4 is 19.7 Å². The van der Waals surface area contributed by atoms with E-state index in [4.69, 9.17) is 9.47 Å². The summed E-state index contributed by atoms with van der Waals surface area (Å²) >= 11 is 1.45. The zero-order chi connectivity index (χ0) is 21.6. The van der Waals surface area contributed by atoms with E-state index in [-0.39, 0.29) is 12.3 Å². The smallest absolute Gasteiger partial charge is 0.228 e. The van der Waals surface area contributed by atoms with Crippen molar-refractivity contribution >= 4 is 34.0 Å². The van der Waals surface area contributed by atoms with E-state index in [1.165, 1.54) is 11.3 Å². The number of anilines is 3. The van der Waals surface area contributed by atoms with Crippen molar-refractivity contribution in [2.24, 2.45) is 0 Å². The Hall–Kier alpha value is -3.40. The molecule has 4 rings (SSSR count). The molecule has 0 saturated carbocycles. The highest BCUT2D eigenvalue weighted by molar-refractivity contribution is 7.13. The number of amides is 1. The standard InChI is InChI=1S/C21H24N6O3S/c1-29-16-4-5-18(30-2)17(13-16)25-21-24-15(14-31-21)12-19(28)26-8-10-27(11-9-26)20-22-6-3-7-23-20/h3-7,13-14H,8-12H2,1-2H3,(H,24,25). The topological polar surface area (TPSA) is 92.7 Å². The predicted octanol–water partition coefficient (Wildman–Crippen LogP) is 2.59. The fourth-order valence-electron chi connectivity index (χ4n) is 3.35. The quantitative estimate of drug-likeness (QED) is 0.599. The lowest BCUT2D eigenvalue weighted by molar-refractivity contribution is -0.130. The van der Waals surface area contributed by atoms with Crippen LogP contribution >= 0.6 is 11.3 Å². The van der Waals surface area contributed by atoms with Gasteiger partial charge < -0.3 is 24.6 Å². The van der Waals surface area contributed by atoms with Gasteiger partial charge in [0.1, 0.15) is 11.5 Å². The molecule has 0 aliphatic carbocycles. The number of piperazine rings is 1. The summed E-state index contributed by atoms with van der Waals surface area (Å²) in [5, 5.41) is 5.85. The average molecular weight is 441 g/mol. The van der Waals surface area contributed by atoms with Crippen molar-refractivity contribution in [3.63, 3.8) is 0 Å². The molecule has 162 valence electrons. The number of methoxy groups -OCH3 is 2. The van der Waals surface area contributed by atoms with Crippen LogP contribution in [0.4, 0.5) is 16.8 Å². The number of aromatic nitrogens is 3. The van der Waals surface area contributed by atoms with Gasteiger partial charge in [-0.2, -0.15) is 0 Å². The second-order valence-corrected chi connectivity index (χ2v) is 7.79. The number of thiazole rings is 1. The summed E-state index contributed by atoms with van der Waals surface area (Å²) in [4.78, 5) is 29.8. The molecule has 2 aromatic heterocycles. The van der Waals surface area contributed by atoms with Gasteiger partial charge in [0, 0.05) is 50.0 Å². The lowest BCUT2D eigenvalue weighted by atomic mass is 10.2. The number of hydrogen-bond donors (Lipinski definition) is 1. The van der Waals surface area contributed by atoms with Gasteiger partial charge in [-0.15, -0.1) is 11.3 Å². The van der Waals surface area contributed by atoms with Crippen LogP contribution in [0.1, 0.15) is 5.69 Å². The van der Waals surface area contributed by atoms with Gasteiger partial charge in [0.05, 0.1) is 32.0 Å². The summed E-state index contributed by atoms with van der Waals surface area (Å²) in [6.45, 7) is 2.73. The van der Waals surface area contributed by atoms with E-state index in [2.05, 4.69) is 25.2 Å². The van der Waals surface area contributed by atoms with E-state index >= 15 is 0 Å². The Morgan fingerprint density at radius 3 is 2.61 bits per heavy atom. The van der Waals surface area contributed by atoms with Gasteiger partial charge >= 0.3 is 0 Å². The van der Waals surface area contributed by atoms with Gasteiger partial charge in [0.2, 0.25) is 11.9 Å². The highest BCUT2D eigenvalue weighted by Gasteiger charge is 2.23. The monoisotopic (exact) mass is 440 g/mol. The predicted molar refractivity (Wildman–Crippen MR) is 119 cm³/mol. The number of carbonyl (C=O) groups excluding carboxylic acids is 1. The Balaban J connectivity index is 1.34. The van der Waals surface area contributed by atoms with Crippen molar-refractivity contribution in [1.29, 1.82) is 0 Å². The van der Waals surface area contributed by atoms with Crippen LogP contribution in [0, 0.1) is 0 Å². The highest BCUT2D eigenvalue weighted by atomic mass is 32.1. The SMILES string of the molecule is COc1ccc(OC)c(Nc2nc(CC(=O)N3CCN(c4ncccn4)CC3)cs2)c1. The number of rotatable bonds is 7. The Morgan fingerprint density at radius 1 is 1.13 bits per heavy atom. The van der Waals surface area contributed by atoms with Crippen LogP contribution in [-0.4, -0.2) is 66.2 Å². The third-order valence-corrected chi connectivity index (χ3v) is 5.81. The van der Waals surface area contributed by atoms with Crippen LogP contribution in [0.15, 0.2) is 42.0 Å². The number of benzene rings is 1. The first-order valence-electron chi connectivity index (χ1n) is 9.89. The molecule has 1 aliphatic heterocycles. The minimum atomic E-state index is 0.0736. The third-order valence-electron chi connectivity index (χ3n) is 5.00. The number of carbonyl (C=O) groups is 1. The van der Waals surface area contributed by atoms with Crippen LogP contribution in [0.2, 0.25) is 0 Å². The fraction of sp³-hybridized carbons (Fsp3) is 0.333. The lowest BCUT2D eigenvalue weighted by Gasteiger charge is -2.34. The number of nitrogens with zero attached hydrogens (tertiary/aromatic N) is 5. The third kappa shape index (κ3) is 5.02. The number of ether oxygens (including phenoxy) is 2. The molecule has 0 bridgehead atoms. The largest absolute Gasteiger partial charge is 0.497 e. The van der Waals surface area contributed by atoms with E-state index in [0.29, 0.717) is 29.9 Å². The Morgan fingerprint density at radius 2 is 1.90 bits per heavy atom. The number of hydrogen-bond acceptors (Lipinski definition) is 9. The van der Waals surface area contributed by atoms with Gasteiger partial charge in [0.25, 0.3) is 0 Å². The molecule has 0 spiro atoms. The van der Waals surface area contributed by atoms with Gasteiger partial charge in [-0.1, -0.05) is 0 Å². The van der Waals surface area contributed by atoms with Gasteiger partial charge in [-0.05, 0) is 18.2 Å². The normalized spacial score (nSPS) is 13.7. The van der Waals surface area contributed by atoms with Crippen molar-refractivity contribution in [2.45, 2.75) is 6.42 Å². The van der Waals surface area contributed by atoms with E-state index in [1.807, 2.05) is 28.5 Å². The summed E-state index contributed by atoms with van der Waals surface area (Å²) in [6, 6.07) is 7.31. The lowest BCUT2D eigenvalue weighted by Crippen LogP contribution is -2.49. The van der Waals surface area contributed by atoms with E-state index in [1.54, 1.807) is 32.7 Å². The Kier molecular flexibility index (Phi) is 6.46. The van der Waals surface area contributed by atoms with E-state index in [0.717, 1.165) is 30.2 Å². The Bertz CT molecular complexity index is 1020. The average Bonchev–Trinajstić information content (AvgIpc) is 3.26. The maximum absolute atomic E-state index is 12.7. The first-order chi connectivity index (χ1) is 15.2. The second kappa shape index (κ2) is 9.61. The highest BCUT2D eigenvalue weighted by Crippen LogP contribution is 2.32. The molecule has 3 aromatic rings. The molecule has 3 heterocycles. The first-order valence-corrected chi connectivity index (χ1v) is 10.8. The van der Waals surface area contributed by atoms with Gasteiger partial charge in [0.15, 0.2) is 5.13 Å². The molecule has 10 heteroatoms. The second-order valence-electron chi connectivity index (χ2n) is 6.93. The molecule has 1 aliphatic rings. The van der Waals surface area contributed by atoms with Crippen LogP contribution in [-0.2, 0) is 11.2 Å². The zero-order valence-electron chi connectivity index (χ0n) is 17.4. The van der Waals surface area contributed by atoms with Crippen LogP contribution in [0.5, 0.6) is 11.5 Å². The maximum Gasteiger partial charge on any atom is 0.228 e. The molecule has 0 atom stereocenters. The van der Waals surface area contributed by atoms with Crippen molar-refractivity contribution in [1.82, 2.24) is 19.9 Å². The summed E-state index contributed by atoms with van der Waals surface area (Å²) in [7, 11) is 3.23. The van der Waals surface area contributed by atoms with Crippen molar-refractivity contribution in [2.75, 3.05) is 50.6 Å². The molecule has 0 unspecified atom stereocenters. The summed E-state index contributed by atoms with van der Waals surface area (Å²) < 4.78 is 10.7. The number of nitrogens with one attached hydrogen (secondary N) is 1. The summed E-state index contributed by atoms with van der Waals surface area (Å²) in [5.74, 6) is 2.19. The molecule has 1 aromatic carbocycles. The van der Waals surface area contributed by atoms with Crippen LogP contribution in [0.25, 0.3) is 0 Å². The van der Waals surface area contributed by atoms with Crippen LogP contribution in [0.3, 0.4) is 0 Å². The molecule has 9 nitrogen and oxygen atoms in total. The molecule has 1 fully saturated rings. The molecule has 1 amide bonds. The molecule has 31 heavy (non-hydrogen) atoms. The molecular weight excluding hydrogens is 416 g/mol. The van der Waals surface area contributed by atoms with Gasteiger partial charge in [-0.3, -0.25) is 4.79 Å². The fourth-order valence-corrected chi connectivity index (χ4v) is 4.07. The van der Waals surface area contributed by atoms with Gasteiger partial charge in [-0.25, -0.2) is 15.0 Å². The maximum atomic E-state index is 12.7. The van der Waals surface area contributed by atoms with E-state index < -0.39 is 0 Å². The van der Waals surface area contributed by atoms with Crippen molar-refractivity contribution in [3.05, 3.63) is 47.7 Å². The molecule has 1 N–H and O–H groups in total. The molecule has 0 radical (unpaired) electrons. The molecule has 1 saturated heterocycles. The van der Waals surface area contributed by atoms with Crippen molar-refractivity contribution < 1.29 is 14.3 Å². The zero-order valence-corrected chi connectivity index (χ0v) is 18.3. The summed E-state index contributed by atoms with van der Waals surface area (Å²) in [5.41, 5.74) is 1.50. The minimum Gasteiger partial charge on any atom is -0.497 e. The Labute approximate surface area is 184 Å². The first kappa shape index (κ1) is 20.9. The summed E-state index contributed by atoms with van der Waals surface area (Å²) in [6.07, 6.45) is 3.74. The van der Waals surface area contributed by atoms with E-state index in [9.17, 15) is 4.79 Å².